The van der Waals surface area contributed by atoms with Crippen molar-refractivity contribution in [2.75, 3.05) is 25.1 Å². The fraction of sp³-hybridized carbons (Fsp3) is 0.750. The molecule has 4 rings (SSSR count). The Kier molecular flexibility index (Phi) is 3.08. The molecule has 3 atom stereocenters. The van der Waals surface area contributed by atoms with Gasteiger partial charge in [-0.25, -0.2) is 9.78 Å². The van der Waals surface area contributed by atoms with Gasteiger partial charge in [0.1, 0.15) is 5.82 Å². The van der Waals surface area contributed by atoms with Crippen molar-refractivity contribution >= 4 is 22.7 Å². The van der Waals surface area contributed by atoms with Gasteiger partial charge in [-0.2, -0.15) is 4.37 Å². The molecule has 1 aliphatic carbocycles. The number of hydrogen-bond donors (Lipinski definition) is 2. The van der Waals surface area contributed by atoms with Gasteiger partial charge in [-0.15, -0.1) is 0 Å². The number of aromatic nitrogens is 2. The molecule has 20 heavy (non-hydrogen) atoms. The molecule has 1 aromatic heterocycles. The lowest BCUT2D eigenvalue weighted by atomic mass is 10.0. The number of rotatable bonds is 3. The molecular formula is C12H16N4O3S. The predicted octanol–water partition coefficient (Wildman–Crippen LogP) is 0.951. The van der Waals surface area contributed by atoms with Crippen LogP contribution < -0.4 is 10.6 Å². The summed E-state index contributed by atoms with van der Waals surface area (Å²) in [5.41, 5.74) is 0. The van der Waals surface area contributed by atoms with Crippen LogP contribution in [0.1, 0.15) is 24.6 Å². The van der Waals surface area contributed by atoms with Gasteiger partial charge in [0.05, 0.1) is 32.0 Å². The Morgan fingerprint density at radius 3 is 3.05 bits per heavy atom. The van der Waals surface area contributed by atoms with E-state index in [1.54, 1.807) is 0 Å². The first kappa shape index (κ1) is 12.5. The van der Waals surface area contributed by atoms with Gasteiger partial charge in [-0.1, -0.05) is 0 Å². The van der Waals surface area contributed by atoms with Gasteiger partial charge in [-0.05, 0) is 12.8 Å². The summed E-state index contributed by atoms with van der Waals surface area (Å²) in [6.45, 7) is 1.83. The minimum absolute atomic E-state index is 0.0123. The Hall–Kier alpha value is -1.25. The third-order valence-electron chi connectivity index (χ3n) is 4.00. The normalized spacial score (nSPS) is 32.1. The Labute approximate surface area is 120 Å². The third kappa shape index (κ3) is 2.38. The average molecular weight is 296 g/mol. The van der Waals surface area contributed by atoms with Crippen LogP contribution in [0.3, 0.4) is 0 Å². The Bertz CT molecular complexity index is 519. The number of ether oxygens (including phenoxy) is 2. The summed E-state index contributed by atoms with van der Waals surface area (Å²) in [6.07, 6.45) is 2.44. The molecule has 1 aromatic rings. The molecule has 3 aliphatic rings. The Morgan fingerprint density at radius 1 is 1.30 bits per heavy atom. The minimum Gasteiger partial charge on any atom is -0.378 e. The predicted molar refractivity (Wildman–Crippen MR) is 71.9 cm³/mol. The molecule has 3 heterocycles. The largest absolute Gasteiger partial charge is 0.378 e. The van der Waals surface area contributed by atoms with E-state index in [2.05, 4.69) is 20.0 Å². The summed E-state index contributed by atoms with van der Waals surface area (Å²) in [5.74, 6) is 1.63. The summed E-state index contributed by atoms with van der Waals surface area (Å²) in [5, 5.41) is 6.24. The highest BCUT2D eigenvalue weighted by molar-refractivity contribution is 7.09. The number of urea groups is 1. The monoisotopic (exact) mass is 296 g/mol. The van der Waals surface area contributed by atoms with Crippen molar-refractivity contribution in [2.45, 2.75) is 30.9 Å². The molecule has 7 nitrogen and oxygen atoms in total. The molecule has 0 bridgehead atoms. The van der Waals surface area contributed by atoms with Crippen LogP contribution in [0.5, 0.6) is 0 Å². The Morgan fingerprint density at radius 2 is 2.20 bits per heavy atom. The summed E-state index contributed by atoms with van der Waals surface area (Å²) in [7, 11) is 0. The van der Waals surface area contributed by atoms with Gasteiger partial charge in [-0.3, -0.25) is 5.32 Å². The maximum Gasteiger partial charge on any atom is 0.321 e. The molecule has 0 unspecified atom stereocenters. The molecule has 2 aliphatic heterocycles. The second kappa shape index (κ2) is 4.94. The molecule has 1 saturated carbocycles. The van der Waals surface area contributed by atoms with Crippen LogP contribution in [-0.2, 0) is 9.47 Å². The summed E-state index contributed by atoms with van der Waals surface area (Å²) in [6, 6.07) is -0.233. The first-order valence-electron chi connectivity index (χ1n) is 6.90. The van der Waals surface area contributed by atoms with Crippen LogP contribution in [-0.4, -0.2) is 47.4 Å². The quantitative estimate of drug-likeness (QED) is 0.867. The first-order valence-corrected chi connectivity index (χ1v) is 7.67. The van der Waals surface area contributed by atoms with Crippen LogP contribution in [0, 0.1) is 5.92 Å². The SMILES string of the molecule is O=C(Nc1nc(C2CC2)ns1)N[C@@H]1CO[C@H]2COC[C@H]21. The zero-order valence-electron chi connectivity index (χ0n) is 10.9. The molecule has 2 saturated heterocycles. The molecule has 3 fully saturated rings. The van der Waals surface area contributed by atoms with Gasteiger partial charge in [0, 0.05) is 23.4 Å². The van der Waals surface area contributed by atoms with E-state index < -0.39 is 0 Å². The second-order valence-corrected chi connectivity index (χ2v) is 6.26. The van der Waals surface area contributed by atoms with E-state index in [0.717, 1.165) is 18.7 Å². The van der Waals surface area contributed by atoms with E-state index in [4.69, 9.17) is 9.47 Å². The van der Waals surface area contributed by atoms with Crippen molar-refractivity contribution in [2.24, 2.45) is 5.92 Å². The molecular weight excluding hydrogens is 280 g/mol. The smallest absolute Gasteiger partial charge is 0.321 e. The van der Waals surface area contributed by atoms with Gasteiger partial charge < -0.3 is 14.8 Å². The van der Waals surface area contributed by atoms with Crippen molar-refractivity contribution < 1.29 is 14.3 Å². The molecule has 108 valence electrons. The lowest BCUT2D eigenvalue weighted by molar-refractivity contribution is 0.0678. The molecule has 2 amide bonds. The van der Waals surface area contributed by atoms with Crippen molar-refractivity contribution in [3.05, 3.63) is 5.82 Å². The topological polar surface area (TPSA) is 85.4 Å². The maximum absolute atomic E-state index is 12.0. The molecule has 2 N–H and O–H groups in total. The first-order chi connectivity index (χ1) is 9.79. The van der Waals surface area contributed by atoms with E-state index in [0.29, 0.717) is 30.9 Å². The van der Waals surface area contributed by atoms with Crippen molar-refractivity contribution in [1.82, 2.24) is 14.7 Å². The van der Waals surface area contributed by atoms with E-state index >= 15 is 0 Å². The number of carbonyl (C=O) groups excluding carboxylic acids is 1. The summed E-state index contributed by atoms with van der Waals surface area (Å²) >= 11 is 1.23. The lowest BCUT2D eigenvalue weighted by Gasteiger charge is -2.16. The fourth-order valence-corrected chi connectivity index (χ4v) is 3.33. The van der Waals surface area contributed by atoms with Gasteiger partial charge in [0.2, 0.25) is 5.13 Å². The highest BCUT2D eigenvalue weighted by Gasteiger charge is 2.42. The number of fused-ring (bicyclic) bond motifs is 1. The van der Waals surface area contributed by atoms with Crippen LogP contribution >= 0.6 is 11.5 Å². The molecule has 0 radical (unpaired) electrons. The fourth-order valence-electron chi connectivity index (χ4n) is 2.69. The molecule has 8 heteroatoms. The van der Waals surface area contributed by atoms with Crippen LogP contribution in [0.4, 0.5) is 9.93 Å². The van der Waals surface area contributed by atoms with Gasteiger partial charge in [0.25, 0.3) is 0 Å². The van der Waals surface area contributed by atoms with Crippen LogP contribution in [0.2, 0.25) is 0 Å². The van der Waals surface area contributed by atoms with E-state index in [1.165, 1.54) is 11.5 Å². The van der Waals surface area contributed by atoms with E-state index in [-0.39, 0.29) is 24.1 Å². The lowest BCUT2D eigenvalue weighted by Crippen LogP contribution is -2.43. The minimum atomic E-state index is -0.246. The highest BCUT2D eigenvalue weighted by atomic mass is 32.1. The van der Waals surface area contributed by atoms with E-state index in [9.17, 15) is 4.79 Å². The van der Waals surface area contributed by atoms with Gasteiger partial charge >= 0.3 is 6.03 Å². The summed E-state index contributed by atoms with van der Waals surface area (Å²) < 4.78 is 15.2. The van der Waals surface area contributed by atoms with Crippen LogP contribution in [0.25, 0.3) is 0 Å². The van der Waals surface area contributed by atoms with Gasteiger partial charge in [0.15, 0.2) is 0 Å². The van der Waals surface area contributed by atoms with Crippen molar-refractivity contribution in [3.63, 3.8) is 0 Å². The zero-order chi connectivity index (χ0) is 13.5. The third-order valence-corrected chi connectivity index (χ3v) is 4.64. The number of carbonyl (C=O) groups is 1. The van der Waals surface area contributed by atoms with Crippen LogP contribution in [0.15, 0.2) is 0 Å². The number of nitrogens with one attached hydrogen (secondary N) is 2. The molecule has 0 aromatic carbocycles. The maximum atomic E-state index is 12.0. The standard InChI is InChI=1S/C12H16N4O3S/c17-11(13-8-4-19-9-5-18-3-7(8)9)15-12-14-10(16-20-12)6-1-2-6/h6-9H,1-5H2,(H2,13,14,15,16,17)/t7-,8+,9-/m0/s1. The molecule has 0 spiro atoms. The summed E-state index contributed by atoms with van der Waals surface area (Å²) in [4.78, 5) is 16.3. The number of hydrogen-bond acceptors (Lipinski definition) is 6. The van der Waals surface area contributed by atoms with E-state index in [1.807, 2.05) is 0 Å². The van der Waals surface area contributed by atoms with Crippen molar-refractivity contribution in [3.8, 4) is 0 Å². The Balaban J connectivity index is 1.33. The zero-order valence-corrected chi connectivity index (χ0v) is 11.7. The second-order valence-electron chi connectivity index (χ2n) is 5.51. The number of nitrogens with zero attached hydrogens (tertiary/aromatic N) is 2. The average Bonchev–Trinajstić information content (AvgIpc) is 2.86. The highest BCUT2D eigenvalue weighted by Crippen LogP contribution is 2.39. The van der Waals surface area contributed by atoms with Crippen molar-refractivity contribution in [1.29, 1.82) is 0 Å². The number of anilines is 1. The number of amides is 2.